The number of amides is 1. The monoisotopic (exact) mass is 229 g/mol. The Morgan fingerprint density at radius 1 is 1.41 bits per heavy atom. The fourth-order valence-electron chi connectivity index (χ4n) is 1.84. The van der Waals surface area contributed by atoms with Crippen LogP contribution in [-0.4, -0.2) is 11.4 Å². The number of nitrogens with two attached hydrogens (primary N) is 1. The molecule has 1 aliphatic carbocycles. The molecule has 1 saturated carbocycles. The van der Waals surface area contributed by atoms with E-state index in [1.807, 2.05) is 12.1 Å². The van der Waals surface area contributed by atoms with Gasteiger partial charge in [-0.05, 0) is 37.0 Å². The van der Waals surface area contributed by atoms with E-state index in [0.717, 1.165) is 24.8 Å². The van der Waals surface area contributed by atoms with E-state index in [0.29, 0.717) is 12.1 Å². The molecule has 1 aromatic carbocycles. The van der Waals surface area contributed by atoms with Crippen LogP contribution in [0.2, 0.25) is 0 Å². The van der Waals surface area contributed by atoms with E-state index in [1.165, 1.54) is 0 Å². The molecule has 0 unspecified atom stereocenters. The molecular weight excluding hydrogens is 214 g/mol. The highest BCUT2D eigenvalue weighted by molar-refractivity contribution is 5.86. The molecule has 1 fully saturated rings. The van der Waals surface area contributed by atoms with Gasteiger partial charge in [-0.15, -0.1) is 0 Å². The molecule has 0 heterocycles. The third kappa shape index (κ3) is 2.45. The van der Waals surface area contributed by atoms with Gasteiger partial charge in [-0.3, -0.25) is 4.79 Å². The molecule has 17 heavy (non-hydrogen) atoms. The minimum atomic E-state index is -0.646. The fourth-order valence-corrected chi connectivity index (χ4v) is 1.84. The second kappa shape index (κ2) is 4.56. The fraction of sp³-hybridized carbons (Fsp3) is 0.385. The Bertz CT molecular complexity index is 455. The molecule has 3 N–H and O–H groups in total. The lowest BCUT2D eigenvalue weighted by molar-refractivity contribution is -0.129. The lowest BCUT2D eigenvalue weighted by atomic mass is 9.77. The van der Waals surface area contributed by atoms with Crippen molar-refractivity contribution >= 4 is 5.91 Å². The number of rotatable bonds is 3. The Morgan fingerprint density at radius 2 is 2.06 bits per heavy atom. The molecule has 4 nitrogen and oxygen atoms in total. The van der Waals surface area contributed by atoms with E-state index in [9.17, 15) is 4.79 Å². The average molecular weight is 229 g/mol. The van der Waals surface area contributed by atoms with E-state index in [1.54, 1.807) is 12.1 Å². The molecule has 0 bridgehead atoms. The molecule has 4 heteroatoms. The number of benzene rings is 1. The molecule has 2 rings (SSSR count). The Balaban J connectivity index is 1.89. The first-order valence-electron chi connectivity index (χ1n) is 5.70. The second-order valence-corrected chi connectivity index (χ2v) is 4.50. The summed E-state index contributed by atoms with van der Waals surface area (Å²) in [6.45, 7) is 0.462. The van der Waals surface area contributed by atoms with Crippen molar-refractivity contribution in [2.45, 2.75) is 31.3 Å². The summed E-state index contributed by atoms with van der Waals surface area (Å²) in [7, 11) is 0. The normalized spacial score (nSPS) is 16.7. The maximum Gasteiger partial charge on any atom is 0.240 e. The molecule has 1 amide bonds. The van der Waals surface area contributed by atoms with Crippen LogP contribution >= 0.6 is 0 Å². The molecule has 0 spiro atoms. The van der Waals surface area contributed by atoms with Gasteiger partial charge in [-0.25, -0.2) is 0 Å². The summed E-state index contributed by atoms with van der Waals surface area (Å²) >= 11 is 0. The molecule has 1 aromatic rings. The van der Waals surface area contributed by atoms with Gasteiger partial charge in [-0.2, -0.15) is 5.26 Å². The van der Waals surface area contributed by atoms with Crippen molar-refractivity contribution in [3.63, 3.8) is 0 Å². The van der Waals surface area contributed by atoms with Crippen LogP contribution in [0.3, 0.4) is 0 Å². The quantitative estimate of drug-likeness (QED) is 0.813. The van der Waals surface area contributed by atoms with E-state index < -0.39 is 5.54 Å². The molecule has 0 atom stereocenters. The van der Waals surface area contributed by atoms with Gasteiger partial charge in [0.15, 0.2) is 0 Å². The molecule has 1 aliphatic rings. The van der Waals surface area contributed by atoms with Gasteiger partial charge < -0.3 is 11.1 Å². The zero-order valence-electron chi connectivity index (χ0n) is 9.57. The summed E-state index contributed by atoms with van der Waals surface area (Å²) < 4.78 is 0. The smallest absolute Gasteiger partial charge is 0.240 e. The minimum Gasteiger partial charge on any atom is -0.350 e. The predicted molar refractivity (Wildman–Crippen MR) is 63.8 cm³/mol. The first kappa shape index (κ1) is 11.6. The highest BCUT2D eigenvalue weighted by atomic mass is 16.2. The number of hydrogen-bond donors (Lipinski definition) is 2. The average Bonchev–Trinajstić information content (AvgIpc) is 2.33. The summed E-state index contributed by atoms with van der Waals surface area (Å²) in [6.07, 6.45) is 2.57. The molecule has 88 valence electrons. The maximum atomic E-state index is 11.8. The largest absolute Gasteiger partial charge is 0.350 e. The van der Waals surface area contributed by atoms with Crippen molar-refractivity contribution < 1.29 is 4.79 Å². The molecule has 0 aliphatic heterocycles. The topological polar surface area (TPSA) is 78.9 Å². The first-order valence-corrected chi connectivity index (χ1v) is 5.70. The van der Waals surface area contributed by atoms with Crippen molar-refractivity contribution in [2.24, 2.45) is 5.73 Å². The van der Waals surface area contributed by atoms with Crippen LogP contribution in [-0.2, 0) is 11.3 Å². The van der Waals surface area contributed by atoms with Gasteiger partial charge in [-0.1, -0.05) is 12.1 Å². The lowest BCUT2D eigenvalue weighted by Gasteiger charge is -2.36. The predicted octanol–water partition coefficient (Wildman–Crippen LogP) is 1.06. The van der Waals surface area contributed by atoms with Crippen LogP contribution in [0.1, 0.15) is 30.4 Å². The van der Waals surface area contributed by atoms with Crippen LogP contribution in [0, 0.1) is 11.3 Å². The Hall–Kier alpha value is -1.86. The van der Waals surface area contributed by atoms with Gasteiger partial charge >= 0.3 is 0 Å². The Morgan fingerprint density at radius 3 is 2.53 bits per heavy atom. The molecule has 0 radical (unpaired) electrons. The van der Waals surface area contributed by atoms with Crippen molar-refractivity contribution in [3.05, 3.63) is 35.4 Å². The highest BCUT2D eigenvalue weighted by Crippen LogP contribution is 2.29. The number of nitrogens with zero attached hydrogens (tertiary/aromatic N) is 1. The van der Waals surface area contributed by atoms with E-state index in [4.69, 9.17) is 11.0 Å². The summed E-state index contributed by atoms with van der Waals surface area (Å²) in [5.74, 6) is -0.0758. The van der Waals surface area contributed by atoms with E-state index in [-0.39, 0.29) is 5.91 Å². The first-order chi connectivity index (χ1) is 8.14. The Kier molecular flexibility index (Phi) is 3.12. The summed E-state index contributed by atoms with van der Waals surface area (Å²) in [4.78, 5) is 11.8. The van der Waals surface area contributed by atoms with Crippen molar-refractivity contribution in [1.82, 2.24) is 5.32 Å². The number of nitrogens with one attached hydrogen (secondary N) is 1. The van der Waals surface area contributed by atoms with Crippen LogP contribution in [0.5, 0.6) is 0 Å². The minimum absolute atomic E-state index is 0.0758. The second-order valence-electron chi connectivity index (χ2n) is 4.50. The standard InChI is InChI=1S/C13H15N3O/c14-8-10-2-4-11(5-3-10)9-16-12(17)13(15)6-1-7-13/h2-5H,1,6-7,9,15H2,(H,16,17). The zero-order valence-corrected chi connectivity index (χ0v) is 9.57. The van der Waals surface area contributed by atoms with Crippen LogP contribution in [0.25, 0.3) is 0 Å². The van der Waals surface area contributed by atoms with Crippen LogP contribution in [0.4, 0.5) is 0 Å². The third-order valence-electron chi connectivity index (χ3n) is 3.23. The number of carbonyl (C=O) groups is 1. The lowest BCUT2D eigenvalue weighted by Crippen LogP contribution is -2.58. The van der Waals surface area contributed by atoms with Crippen LogP contribution in [0.15, 0.2) is 24.3 Å². The molecule has 0 aromatic heterocycles. The summed E-state index contributed by atoms with van der Waals surface area (Å²) in [6, 6.07) is 9.20. The number of hydrogen-bond acceptors (Lipinski definition) is 3. The highest BCUT2D eigenvalue weighted by Gasteiger charge is 2.39. The van der Waals surface area contributed by atoms with Gasteiger partial charge in [0.2, 0.25) is 5.91 Å². The third-order valence-corrected chi connectivity index (χ3v) is 3.23. The van der Waals surface area contributed by atoms with Crippen LogP contribution < -0.4 is 11.1 Å². The van der Waals surface area contributed by atoms with Gasteiger partial charge in [0.1, 0.15) is 0 Å². The van der Waals surface area contributed by atoms with Gasteiger partial charge in [0, 0.05) is 6.54 Å². The maximum absolute atomic E-state index is 11.8. The van der Waals surface area contributed by atoms with Gasteiger partial charge in [0.05, 0.1) is 17.2 Å². The SMILES string of the molecule is N#Cc1ccc(CNC(=O)C2(N)CCC2)cc1. The number of nitriles is 1. The Labute approximate surface area is 100 Å². The van der Waals surface area contributed by atoms with Crippen molar-refractivity contribution in [3.8, 4) is 6.07 Å². The molecule has 0 saturated heterocycles. The van der Waals surface area contributed by atoms with Gasteiger partial charge in [0.25, 0.3) is 0 Å². The van der Waals surface area contributed by atoms with E-state index in [2.05, 4.69) is 11.4 Å². The summed E-state index contributed by atoms with van der Waals surface area (Å²) in [5.41, 5.74) is 6.85. The van der Waals surface area contributed by atoms with Crippen molar-refractivity contribution in [1.29, 1.82) is 5.26 Å². The zero-order chi connectivity index (χ0) is 12.3. The molecular formula is C13H15N3O. The van der Waals surface area contributed by atoms with Crippen molar-refractivity contribution in [2.75, 3.05) is 0 Å². The number of carbonyl (C=O) groups excluding carboxylic acids is 1. The summed E-state index contributed by atoms with van der Waals surface area (Å²) in [5, 5.41) is 11.5. The van der Waals surface area contributed by atoms with E-state index >= 15 is 0 Å².